The van der Waals surface area contributed by atoms with Gasteiger partial charge >= 0.3 is 0 Å². The first-order chi connectivity index (χ1) is 5.21. The van der Waals surface area contributed by atoms with Crippen LogP contribution in [0.15, 0.2) is 24.3 Å². The Morgan fingerprint density at radius 2 is 1.91 bits per heavy atom. The lowest BCUT2D eigenvalue weighted by Gasteiger charge is -2.05. The Kier molecular flexibility index (Phi) is 1.44. The standard InChI is InChI=1S/C9H10ClN/c1-9(6-11-9)7-2-4-8(10)5-3-7/h2-5,11H,6H2,1H3. The van der Waals surface area contributed by atoms with Gasteiger partial charge in [0.25, 0.3) is 0 Å². The molecule has 0 aliphatic carbocycles. The molecule has 1 atom stereocenters. The molecule has 0 amide bonds. The zero-order chi connectivity index (χ0) is 7.90. The average molecular weight is 168 g/mol. The highest BCUT2D eigenvalue weighted by atomic mass is 35.5. The van der Waals surface area contributed by atoms with E-state index in [9.17, 15) is 0 Å². The number of hydrogen-bond acceptors (Lipinski definition) is 1. The van der Waals surface area contributed by atoms with E-state index in [1.54, 1.807) is 0 Å². The van der Waals surface area contributed by atoms with E-state index in [4.69, 9.17) is 11.6 Å². The molecule has 0 bridgehead atoms. The Morgan fingerprint density at radius 3 is 2.36 bits per heavy atom. The van der Waals surface area contributed by atoms with E-state index < -0.39 is 0 Å². The van der Waals surface area contributed by atoms with Crippen LogP contribution in [0.25, 0.3) is 0 Å². The molecular formula is C9H10ClN. The molecule has 1 nitrogen and oxygen atoms in total. The van der Waals surface area contributed by atoms with E-state index >= 15 is 0 Å². The maximum absolute atomic E-state index is 5.76. The summed E-state index contributed by atoms with van der Waals surface area (Å²) in [5.41, 5.74) is 1.55. The molecule has 1 aliphatic heterocycles. The Labute approximate surface area is 71.4 Å². The van der Waals surface area contributed by atoms with E-state index in [1.807, 2.05) is 12.1 Å². The highest BCUT2D eigenvalue weighted by Crippen LogP contribution is 2.30. The third-order valence-corrected chi connectivity index (χ3v) is 2.44. The predicted molar refractivity (Wildman–Crippen MR) is 46.8 cm³/mol. The number of nitrogens with one attached hydrogen (secondary N) is 1. The van der Waals surface area contributed by atoms with E-state index in [2.05, 4.69) is 24.4 Å². The molecule has 58 valence electrons. The average Bonchev–Trinajstić information content (AvgIpc) is 2.70. The summed E-state index contributed by atoms with van der Waals surface area (Å²) >= 11 is 5.76. The van der Waals surface area contributed by atoms with Crippen LogP contribution in [0.4, 0.5) is 0 Å². The summed E-state index contributed by atoms with van der Waals surface area (Å²) in [6.07, 6.45) is 0. The molecule has 0 aromatic heterocycles. The third kappa shape index (κ3) is 1.26. The minimum absolute atomic E-state index is 0.227. The summed E-state index contributed by atoms with van der Waals surface area (Å²) in [6, 6.07) is 8.01. The van der Waals surface area contributed by atoms with Gasteiger partial charge in [-0.25, -0.2) is 0 Å². The molecule has 1 aliphatic rings. The van der Waals surface area contributed by atoms with Gasteiger partial charge in [0.05, 0.1) is 5.54 Å². The fourth-order valence-corrected chi connectivity index (χ4v) is 1.28. The topological polar surface area (TPSA) is 21.9 Å². The van der Waals surface area contributed by atoms with Crippen molar-refractivity contribution in [1.29, 1.82) is 0 Å². The Morgan fingerprint density at radius 1 is 1.36 bits per heavy atom. The van der Waals surface area contributed by atoms with E-state index in [0.717, 1.165) is 11.6 Å². The molecule has 0 saturated carbocycles. The minimum Gasteiger partial charge on any atom is -0.304 e. The minimum atomic E-state index is 0.227. The summed E-state index contributed by atoms with van der Waals surface area (Å²) in [5.74, 6) is 0. The molecule has 1 aromatic rings. The Bertz CT molecular complexity index is 261. The lowest BCUT2D eigenvalue weighted by atomic mass is 10.0. The maximum Gasteiger partial charge on any atom is 0.0533 e. The van der Waals surface area contributed by atoms with Crippen LogP contribution < -0.4 is 5.32 Å². The van der Waals surface area contributed by atoms with Crippen LogP contribution in [0, 0.1) is 0 Å². The molecule has 1 fully saturated rings. The van der Waals surface area contributed by atoms with Crippen LogP contribution in [0.3, 0.4) is 0 Å². The highest BCUT2D eigenvalue weighted by Gasteiger charge is 2.37. The van der Waals surface area contributed by atoms with Gasteiger partial charge in [0.2, 0.25) is 0 Å². The first-order valence-electron chi connectivity index (χ1n) is 3.72. The monoisotopic (exact) mass is 167 g/mol. The molecule has 1 N–H and O–H groups in total. The van der Waals surface area contributed by atoms with Crippen LogP contribution in [0.2, 0.25) is 5.02 Å². The maximum atomic E-state index is 5.76. The van der Waals surface area contributed by atoms with Crippen molar-refractivity contribution in [3.05, 3.63) is 34.9 Å². The Hall–Kier alpha value is -0.530. The molecular weight excluding hydrogens is 158 g/mol. The zero-order valence-electron chi connectivity index (χ0n) is 6.39. The van der Waals surface area contributed by atoms with E-state index in [1.165, 1.54) is 5.56 Å². The van der Waals surface area contributed by atoms with Crippen molar-refractivity contribution in [2.75, 3.05) is 6.54 Å². The van der Waals surface area contributed by atoms with Crippen molar-refractivity contribution in [3.8, 4) is 0 Å². The van der Waals surface area contributed by atoms with Gasteiger partial charge in [0.1, 0.15) is 0 Å². The van der Waals surface area contributed by atoms with Crippen LogP contribution in [0.5, 0.6) is 0 Å². The summed E-state index contributed by atoms with van der Waals surface area (Å²) in [5, 5.41) is 4.11. The van der Waals surface area contributed by atoms with Gasteiger partial charge in [-0.3, -0.25) is 0 Å². The van der Waals surface area contributed by atoms with Gasteiger partial charge < -0.3 is 5.32 Å². The SMILES string of the molecule is CC1(c2ccc(Cl)cc2)CN1. The molecule has 1 aromatic carbocycles. The van der Waals surface area contributed by atoms with Gasteiger partial charge in [-0.2, -0.15) is 0 Å². The molecule has 0 radical (unpaired) electrons. The van der Waals surface area contributed by atoms with Gasteiger partial charge in [-0.15, -0.1) is 0 Å². The number of benzene rings is 1. The number of rotatable bonds is 1. The molecule has 1 saturated heterocycles. The van der Waals surface area contributed by atoms with Gasteiger partial charge in [-0.1, -0.05) is 23.7 Å². The summed E-state index contributed by atoms with van der Waals surface area (Å²) in [7, 11) is 0. The summed E-state index contributed by atoms with van der Waals surface area (Å²) < 4.78 is 0. The number of halogens is 1. The van der Waals surface area contributed by atoms with Crippen molar-refractivity contribution in [1.82, 2.24) is 5.32 Å². The van der Waals surface area contributed by atoms with Crippen molar-refractivity contribution < 1.29 is 0 Å². The van der Waals surface area contributed by atoms with Crippen molar-refractivity contribution in [2.45, 2.75) is 12.5 Å². The number of hydrogen-bond donors (Lipinski definition) is 1. The van der Waals surface area contributed by atoms with Gasteiger partial charge in [-0.05, 0) is 24.6 Å². The second-order valence-corrected chi connectivity index (χ2v) is 3.63. The van der Waals surface area contributed by atoms with Crippen molar-refractivity contribution in [3.63, 3.8) is 0 Å². The molecule has 2 heteroatoms. The first-order valence-corrected chi connectivity index (χ1v) is 4.10. The quantitative estimate of drug-likeness (QED) is 0.637. The summed E-state index contributed by atoms with van der Waals surface area (Å²) in [6.45, 7) is 3.27. The smallest absolute Gasteiger partial charge is 0.0533 e. The molecule has 0 spiro atoms. The first kappa shape index (κ1) is 7.14. The third-order valence-electron chi connectivity index (χ3n) is 2.19. The lowest BCUT2D eigenvalue weighted by Crippen LogP contribution is -2.05. The van der Waals surface area contributed by atoms with Crippen molar-refractivity contribution in [2.24, 2.45) is 0 Å². The molecule has 2 rings (SSSR count). The fourth-order valence-electron chi connectivity index (χ4n) is 1.15. The van der Waals surface area contributed by atoms with Gasteiger partial charge in [0.15, 0.2) is 0 Å². The van der Waals surface area contributed by atoms with E-state index in [-0.39, 0.29) is 5.54 Å². The fraction of sp³-hybridized carbons (Fsp3) is 0.333. The molecule has 1 unspecified atom stereocenters. The summed E-state index contributed by atoms with van der Waals surface area (Å²) in [4.78, 5) is 0. The van der Waals surface area contributed by atoms with Crippen molar-refractivity contribution >= 4 is 11.6 Å². The lowest BCUT2D eigenvalue weighted by molar-refractivity contribution is 0.764. The van der Waals surface area contributed by atoms with Gasteiger partial charge in [0, 0.05) is 11.6 Å². The van der Waals surface area contributed by atoms with Crippen LogP contribution in [0.1, 0.15) is 12.5 Å². The zero-order valence-corrected chi connectivity index (χ0v) is 7.15. The molecule has 1 heterocycles. The second kappa shape index (κ2) is 2.23. The van der Waals surface area contributed by atoms with Crippen LogP contribution in [-0.2, 0) is 5.54 Å². The normalized spacial score (nSPS) is 28.5. The van der Waals surface area contributed by atoms with Crippen LogP contribution in [-0.4, -0.2) is 6.54 Å². The second-order valence-electron chi connectivity index (χ2n) is 3.19. The Balaban J connectivity index is 2.33. The molecule has 11 heavy (non-hydrogen) atoms. The largest absolute Gasteiger partial charge is 0.304 e. The van der Waals surface area contributed by atoms with E-state index in [0.29, 0.717) is 0 Å². The highest BCUT2D eigenvalue weighted by molar-refractivity contribution is 6.30. The van der Waals surface area contributed by atoms with Crippen LogP contribution >= 0.6 is 11.6 Å². The predicted octanol–water partition coefficient (Wildman–Crippen LogP) is 2.16.